The molecule has 1 aliphatic rings. The van der Waals surface area contributed by atoms with E-state index in [0.717, 1.165) is 16.7 Å². The van der Waals surface area contributed by atoms with Crippen LogP contribution in [0.25, 0.3) is 0 Å². The van der Waals surface area contributed by atoms with Crippen LogP contribution in [0.2, 0.25) is 0 Å². The van der Waals surface area contributed by atoms with Gasteiger partial charge in [0.15, 0.2) is 0 Å². The molecule has 0 saturated heterocycles. The van der Waals surface area contributed by atoms with E-state index in [0.29, 0.717) is 12.8 Å². The fourth-order valence-electron chi connectivity index (χ4n) is 5.21. The van der Waals surface area contributed by atoms with Gasteiger partial charge in [0.2, 0.25) is 23.6 Å². The number of allylic oxidation sites excluding steroid dienone is 1. The maximum Gasteiger partial charge on any atom is 0.243 e. The standard InChI is InChI=1S/C34H39N5O5/c35-27(19-24-15-17-25(40)18-16-24)33(43)37-28-14-8-7-13-26(28)32(42)39-30(21-23-11-5-2-6-12-23)34(44)38-29(31(36)41)20-22-9-3-1-4-10-22/h1-12,15-18,26-30,40H,13-14,19-21,35H2,(H2,36,41)(H,37,43)(H,38,44)(H,39,42)/t26-,27-,28+,29-,30-/m0/s1. The second-order valence-corrected chi connectivity index (χ2v) is 11.0. The van der Waals surface area contributed by atoms with E-state index in [2.05, 4.69) is 16.0 Å². The first-order valence-corrected chi connectivity index (χ1v) is 14.7. The molecule has 0 radical (unpaired) electrons. The van der Waals surface area contributed by atoms with Crippen LogP contribution in [0.15, 0.2) is 97.1 Å². The van der Waals surface area contributed by atoms with E-state index < -0.39 is 53.7 Å². The van der Waals surface area contributed by atoms with Crippen molar-refractivity contribution in [3.05, 3.63) is 114 Å². The number of nitrogens with one attached hydrogen (secondary N) is 3. The van der Waals surface area contributed by atoms with Crippen molar-refractivity contribution in [2.45, 2.75) is 56.3 Å². The Labute approximate surface area is 256 Å². The van der Waals surface area contributed by atoms with E-state index in [1.54, 1.807) is 12.1 Å². The number of phenols is 1. The fourth-order valence-corrected chi connectivity index (χ4v) is 5.21. The van der Waals surface area contributed by atoms with Gasteiger partial charge in [0.05, 0.1) is 12.0 Å². The SMILES string of the molecule is NC(=O)[C@H](Cc1ccccc1)NC(=O)[C@H](Cc1ccccc1)NC(=O)[C@H]1CC=CC[C@H]1NC(=O)[C@@H](N)Cc1ccc(O)cc1. The molecule has 10 heteroatoms. The number of rotatable bonds is 13. The molecule has 4 rings (SSSR count). The molecule has 5 atom stereocenters. The molecule has 10 nitrogen and oxygen atoms in total. The molecule has 0 fully saturated rings. The van der Waals surface area contributed by atoms with Gasteiger partial charge in [-0.2, -0.15) is 0 Å². The summed E-state index contributed by atoms with van der Waals surface area (Å²) < 4.78 is 0. The Morgan fingerprint density at radius 2 is 1.25 bits per heavy atom. The minimum absolute atomic E-state index is 0.121. The van der Waals surface area contributed by atoms with Crippen molar-refractivity contribution in [1.29, 1.82) is 0 Å². The number of primary amides is 1. The molecule has 3 aromatic rings. The third-order valence-corrected chi connectivity index (χ3v) is 7.68. The number of amides is 4. The van der Waals surface area contributed by atoms with E-state index in [1.807, 2.05) is 72.8 Å². The highest BCUT2D eigenvalue weighted by Crippen LogP contribution is 2.21. The fraction of sp³-hybridized carbons (Fsp3) is 0.294. The smallest absolute Gasteiger partial charge is 0.243 e. The van der Waals surface area contributed by atoms with Crippen LogP contribution in [-0.4, -0.2) is 52.9 Å². The lowest BCUT2D eigenvalue weighted by molar-refractivity contribution is -0.133. The van der Waals surface area contributed by atoms with Crippen LogP contribution in [0.3, 0.4) is 0 Å². The normalized spacial score (nSPS) is 17.9. The first kappa shape index (κ1) is 32.0. The molecule has 44 heavy (non-hydrogen) atoms. The summed E-state index contributed by atoms with van der Waals surface area (Å²) in [6.07, 6.45) is 5.21. The quantitative estimate of drug-likeness (QED) is 0.163. The van der Waals surface area contributed by atoms with E-state index >= 15 is 0 Å². The van der Waals surface area contributed by atoms with Crippen LogP contribution >= 0.6 is 0 Å². The van der Waals surface area contributed by atoms with Crippen molar-refractivity contribution >= 4 is 23.6 Å². The molecule has 0 heterocycles. The molecule has 0 spiro atoms. The van der Waals surface area contributed by atoms with Crippen molar-refractivity contribution < 1.29 is 24.3 Å². The van der Waals surface area contributed by atoms with Gasteiger partial charge < -0.3 is 32.5 Å². The molecule has 0 aromatic heterocycles. The number of hydrogen-bond donors (Lipinski definition) is 6. The average molecular weight is 598 g/mol. The predicted molar refractivity (Wildman–Crippen MR) is 167 cm³/mol. The molecule has 0 saturated carbocycles. The highest BCUT2D eigenvalue weighted by atomic mass is 16.3. The van der Waals surface area contributed by atoms with Crippen molar-refractivity contribution in [1.82, 2.24) is 16.0 Å². The van der Waals surface area contributed by atoms with Crippen molar-refractivity contribution in [3.63, 3.8) is 0 Å². The van der Waals surface area contributed by atoms with E-state index in [1.165, 1.54) is 12.1 Å². The molecular weight excluding hydrogens is 558 g/mol. The third kappa shape index (κ3) is 9.27. The van der Waals surface area contributed by atoms with Gasteiger partial charge in [0.1, 0.15) is 17.8 Å². The number of phenolic OH excluding ortho intramolecular Hbond substituents is 1. The number of nitrogens with two attached hydrogens (primary N) is 2. The third-order valence-electron chi connectivity index (χ3n) is 7.68. The molecule has 0 bridgehead atoms. The van der Waals surface area contributed by atoms with E-state index in [9.17, 15) is 24.3 Å². The number of aromatic hydroxyl groups is 1. The minimum Gasteiger partial charge on any atom is -0.508 e. The summed E-state index contributed by atoms with van der Waals surface area (Å²) in [7, 11) is 0. The lowest BCUT2D eigenvalue weighted by Crippen LogP contribution is -2.57. The number of benzene rings is 3. The largest absolute Gasteiger partial charge is 0.508 e. The number of hydrogen-bond acceptors (Lipinski definition) is 6. The maximum atomic E-state index is 13.7. The van der Waals surface area contributed by atoms with Crippen LogP contribution in [0.5, 0.6) is 5.75 Å². The van der Waals surface area contributed by atoms with Gasteiger partial charge in [-0.3, -0.25) is 19.2 Å². The van der Waals surface area contributed by atoms with Crippen molar-refractivity contribution in [2.24, 2.45) is 17.4 Å². The van der Waals surface area contributed by atoms with E-state index in [-0.39, 0.29) is 25.0 Å². The lowest BCUT2D eigenvalue weighted by atomic mass is 9.87. The zero-order chi connectivity index (χ0) is 31.5. The van der Waals surface area contributed by atoms with Gasteiger partial charge in [-0.05, 0) is 48.1 Å². The van der Waals surface area contributed by atoms with Crippen LogP contribution in [0, 0.1) is 5.92 Å². The summed E-state index contributed by atoms with van der Waals surface area (Å²) in [4.78, 5) is 52.5. The second kappa shape index (κ2) is 15.5. The van der Waals surface area contributed by atoms with Gasteiger partial charge in [-0.1, -0.05) is 84.9 Å². The lowest BCUT2D eigenvalue weighted by Gasteiger charge is -2.31. The van der Waals surface area contributed by atoms with Crippen LogP contribution in [0.4, 0.5) is 0 Å². The maximum absolute atomic E-state index is 13.7. The van der Waals surface area contributed by atoms with Crippen molar-refractivity contribution in [3.8, 4) is 5.75 Å². The number of carbonyl (C=O) groups is 4. The van der Waals surface area contributed by atoms with E-state index in [4.69, 9.17) is 11.5 Å². The molecule has 230 valence electrons. The summed E-state index contributed by atoms with van der Waals surface area (Å²) in [5.74, 6) is -2.55. The first-order valence-electron chi connectivity index (χ1n) is 14.7. The summed E-state index contributed by atoms with van der Waals surface area (Å²) in [5.41, 5.74) is 14.3. The molecule has 4 amide bonds. The first-order chi connectivity index (χ1) is 21.2. The topological polar surface area (TPSA) is 177 Å². The molecule has 0 unspecified atom stereocenters. The van der Waals surface area contributed by atoms with Crippen LogP contribution in [0.1, 0.15) is 29.5 Å². The molecule has 1 aliphatic carbocycles. The monoisotopic (exact) mass is 597 g/mol. The summed E-state index contributed by atoms with van der Waals surface area (Å²) in [6.45, 7) is 0. The zero-order valence-corrected chi connectivity index (χ0v) is 24.4. The Morgan fingerprint density at radius 1 is 0.705 bits per heavy atom. The summed E-state index contributed by atoms with van der Waals surface area (Å²) in [5, 5.41) is 18.0. The molecular formula is C34H39N5O5. The predicted octanol–water partition coefficient (Wildman–Crippen LogP) is 1.65. The minimum atomic E-state index is -0.999. The molecule has 0 aliphatic heterocycles. The van der Waals surface area contributed by atoms with Gasteiger partial charge in [0, 0.05) is 18.9 Å². The average Bonchev–Trinajstić information content (AvgIpc) is 3.02. The zero-order valence-electron chi connectivity index (χ0n) is 24.4. The second-order valence-electron chi connectivity index (χ2n) is 11.0. The summed E-state index contributed by atoms with van der Waals surface area (Å²) in [6, 6.07) is 21.5. The molecule has 8 N–H and O–H groups in total. The number of carbonyl (C=O) groups excluding carboxylic acids is 4. The Hall–Kier alpha value is -4.96. The van der Waals surface area contributed by atoms with Gasteiger partial charge in [0.25, 0.3) is 0 Å². The highest BCUT2D eigenvalue weighted by molar-refractivity contribution is 5.93. The highest BCUT2D eigenvalue weighted by Gasteiger charge is 2.34. The molecule has 3 aromatic carbocycles. The Morgan fingerprint density at radius 3 is 1.84 bits per heavy atom. The Balaban J connectivity index is 1.45. The van der Waals surface area contributed by atoms with Gasteiger partial charge >= 0.3 is 0 Å². The van der Waals surface area contributed by atoms with Gasteiger partial charge in [-0.15, -0.1) is 0 Å². The summed E-state index contributed by atoms with van der Waals surface area (Å²) >= 11 is 0. The van der Waals surface area contributed by atoms with Crippen LogP contribution < -0.4 is 27.4 Å². The Kier molecular flexibility index (Phi) is 11.3. The van der Waals surface area contributed by atoms with Gasteiger partial charge in [-0.25, -0.2) is 0 Å². The Bertz CT molecular complexity index is 1450. The van der Waals surface area contributed by atoms with Crippen molar-refractivity contribution in [2.75, 3.05) is 0 Å². The van der Waals surface area contributed by atoms with Crippen LogP contribution in [-0.2, 0) is 38.4 Å².